The minimum absolute atomic E-state index is 1.38. The van der Waals surface area contributed by atoms with Gasteiger partial charge in [0.05, 0.1) is 19.3 Å². The molecule has 1 rings (SSSR count). The van der Waals surface area contributed by atoms with E-state index in [0.717, 1.165) is 0 Å². The average Bonchev–Trinajstić information content (AvgIpc) is 1.62. The van der Waals surface area contributed by atoms with Crippen LogP contribution < -0.4 is 0 Å². The summed E-state index contributed by atoms with van der Waals surface area (Å²) < 4.78 is 0. The number of hydrogen-bond donors (Lipinski definition) is 0. The van der Waals surface area contributed by atoms with Gasteiger partial charge in [-0.3, -0.25) is 0 Å². The number of hydrogen-bond acceptors (Lipinski definition) is 0. The first-order chi connectivity index (χ1) is 4.00. The van der Waals surface area contributed by atoms with Gasteiger partial charge < -0.3 is 0 Å². The van der Waals surface area contributed by atoms with Gasteiger partial charge in [-0.1, -0.05) is 6.42 Å². The lowest BCUT2D eigenvalue weighted by Gasteiger charge is -2.00. The zero-order valence-electron chi connectivity index (χ0n) is 5.53. The zero-order chi connectivity index (χ0) is 5.66. The minimum Gasteiger partial charge on any atom is -0.0530 e. The summed E-state index contributed by atoms with van der Waals surface area (Å²) in [6.45, 7) is 0. The van der Waals surface area contributed by atoms with Gasteiger partial charge in [-0.2, -0.15) is 0 Å². The SMILES string of the molecule is [CH+]1CCCCCCC1. The predicted molar refractivity (Wildman–Crippen MR) is 36.6 cm³/mol. The second-order valence-electron chi connectivity index (χ2n) is 2.63. The molecule has 0 saturated heterocycles. The molecule has 0 aromatic rings. The fraction of sp³-hybridized carbons (Fsp3) is 0.875. The van der Waals surface area contributed by atoms with Gasteiger partial charge in [0.1, 0.15) is 0 Å². The first-order valence-corrected chi connectivity index (χ1v) is 3.82. The van der Waals surface area contributed by atoms with Gasteiger partial charge in [-0.25, -0.2) is 0 Å². The Morgan fingerprint density at radius 3 is 1.75 bits per heavy atom. The molecule has 0 aliphatic heterocycles. The highest BCUT2D eigenvalue weighted by molar-refractivity contribution is 4.66. The van der Waals surface area contributed by atoms with Crippen LogP contribution in [0.3, 0.4) is 0 Å². The van der Waals surface area contributed by atoms with Crippen LogP contribution in [-0.4, -0.2) is 0 Å². The molecule has 0 unspecified atom stereocenters. The average molecular weight is 111 g/mol. The molecule has 0 N–H and O–H groups in total. The van der Waals surface area contributed by atoms with Crippen molar-refractivity contribution in [2.75, 3.05) is 0 Å². The molecule has 8 heavy (non-hydrogen) atoms. The van der Waals surface area contributed by atoms with Crippen molar-refractivity contribution < 1.29 is 0 Å². The fourth-order valence-corrected chi connectivity index (χ4v) is 1.25. The summed E-state index contributed by atoms with van der Waals surface area (Å²) in [6, 6.07) is 0. The lowest BCUT2D eigenvalue weighted by Crippen LogP contribution is -1.86. The monoisotopic (exact) mass is 111 g/mol. The van der Waals surface area contributed by atoms with E-state index in [2.05, 4.69) is 6.42 Å². The summed E-state index contributed by atoms with van der Waals surface area (Å²) in [6.07, 6.45) is 12.5. The van der Waals surface area contributed by atoms with Crippen molar-refractivity contribution in [2.45, 2.75) is 44.9 Å². The van der Waals surface area contributed by atoms with E-state index in [-0.39, 0.29) is 0 Å². The van der Waals surface area contributed by atoms with E-state index in [1.807, 2.05) is 0 Å². The van der Waals surface area contributed by atoms with E-state index in [1.54, 1.807) is 0 Å². The molecule has 0 atom stereocenters. The van der Waals surface area contributed by atoms with Crippen LogP contribution in [0.15, 0.2) is 0 Å². The van der Waals surface area contributed by atoms with E-state index in [1.165, 1.54) is 44.9 Å². The highest BCUT2D eigenvalue weighted by Gasteiger charge is 2.02. The molecule has 1 aliphatic carbocycles. The van der Waals surface area contributed by atoms with Crippen molar-refractivity contribution in [3.63, 3.8) is 0 Å². The van der Waals surface area contributed by atoms with Gasteiger partial charge in [-0.05, 0) is 25.7 Å². The topological polar surface area (TPSA) is 0 Å². The maximum absolute atomic E-state index is 2.44. The fourth-order valence-electron chi connectivity index (χ4n) is 1.25. The summed E-state index contributed by atoms with van der Waals surface area (Å²) in [5.41, 5.74) is 0. The Balaban J connectivity index is 2.00. The highest BCUT2D eigenvalue weighted by Crippen LogP contribution is 2.14. The van der Waals surface area contributed by atoms with Gasteiger partial charge in [0.25, 0.3) is 0 Å². The van der Waals surface area contributed by atoms with Crippen molar-refractivity contribution in [2.24, 2.45) is 0 Å². The Hall–Kier alpha value is -0.130. The molecule has 0 nitrogen and oxygen atoms in total. The van der Waals surface area contributed by atoms with E-state index in [9.17, 15) is 0 Å². The van der Waals surface area contributed by atoms with Crippen LogP contribution in [-0.2, 0) is 0 Å². The third-order valence-corrected chi connectivity index (χ3v) is 1.82. The molecule has 0 spiro atoms. The van der Waals surface area contributed by atoms with Gasteiger partial charge >= 0.3 is 0 Å². The molecule has 0 aromatic carbocycles. The molecule has 0 amide bonds. The Morgan fingerprint density at radius 1 is 0.625 bits per heavy atom. The van der Waals surface area contributed by atoms with Crippen LogP contribution in [0.25, 0.3) is 0 Å². The first kappa shape index (κ1) is 6.00. The van der Waals surface area contributed by atoms with Crippen molar-refractivity contribution in [1.29, 1.82) is 0 Å². The maximum atomic E-state index is 2.44. The van der Waals surface area contributed by atoms with Crippen LogP contribution in [0.1, 0.15) is 44.9 Å². The summed E-state index contributed by atoms with van der Waals surface area (Å²) in [5, 5.41) is 0. The smallest absolute Gasteiger partial charge is 0.0530 e. The Kier molecular flexibility index (Phi) is 2.87. The van der Waals surface area contributed by atoms with Crippen LogP contribution >= 0.6 is 0 Å². The lowest BCUT2D eigenvalue weighted by atomic mass is 10.0. The molecular weight excluding hydrogens is 96.1 g/mol. The molecule has 46 valence electrons. The van der Waals surface area contributed by atoms with Crippen LogP contribution in [0.2, 0.25) is 0 Å². The minimum atomic E-state index is 1.38. The highest BCUT2D eigenvalue weighted by atomic mass is 14.0. The third-order valence-electron chi connectivity index (χ3n) is 1.82. The molecule has 1 aliphatic rings. The summed E-state index contributed by atoms with van der Waals surface area (Å²) in [7, 11) is 0. The van der Waals surface area contributed by atoms with Gasteiger partial charge in [0.15, 0.2) is 0 Å². The second-order valence-corrected chi connectivity index (χ2v) is 2.63. The van der Waals surface area contributed by atoms with Crippen LogP contribution in [0, 0.1) is 6.42 Å². The molecule has 1 fully saturated rings. The van der Waals surface area contributed by atoms with E-state index < -0.39 is 0 Å². The zero-order valence-corrected chi connectivity index (χ0v) is 5.53. The maximum Gasteiger partial charge on any atom is 0.0875 e. The molecule has 0 bridgehead atoms. The van der Waals surface area contributed by atoms with E-state index in [4.69, 9.17) is 0 Å². The van der Waals surface area contributed by atoms with Gasteiger partial charge in [0, 0.05) is 0 Å². The normalized spacial score (nSPS) is 23.0. The van der Waals surface area contributed by atoms with E-state index >= 15 is 0 Å². The number of rotatable bonds is 0. The first-order valence-electron chi connectivity index (χ1n) is 3.82. The van der Waals surface area contributed by atoms with Crippen molar-refractivity contribution in [3.05, 3.63) is 6.42 Å². The Morgan fingerprint density at radius 2 is 1.12 bits per heavy atom. The van der Waals surface area contributed by atoms with E-state index in [0.29, 0.717) is 0 Å². The van der Waals surface area contributed by atoms with Crippen molar-refractivity contribution in [3.8, 4) is 0 Å². The molecule has 1 saturated carbocycles. The molecule has 0 radical (unpaired) electrons. The largest absolute Gasteiger partial charge is 0.0875 e. The predicted octanol–water partition coefficient (Wildman–Crippen LogP) is 2.93. The summed E-state index contributed by atoms with van der Waals surface area (Å²) >= 11 is 0. The second kappa shape index (κ2) is 3.82. The molecule has 0 heteroatoms. The quantitative estimate of drug-likeness (QED) is 0.421. The van der Waals surface area contributed by atoms with Crippen molar-refractivity contribution in [1.82, 2.24) is 0 Å². The molecular formula is C8H15+. The lowest BCUT2D eigenvalue weighted by molar-refractivity contribution is 0.565. The molecule has 0 aromatic heterocycles. The van der Waals surface area contributed by atoms with Gasteiger partial charge in [0.2, 0.25) is 0 Å². The van der Waals surface area contributed by atoms with Crippen LogP contribution in [0.5, 0.6) is 0 Å². The summed E-state index contributed by atoms with van der Waals surface area (Å²) in [4.78, 5) is 0. The Bertz CT molecular complexity index is 24.0. The van der Waals surface area contributed by atoms with Gasteiger partial charge in [-0.15, -0.1) is 0 Å². The standard InChI is InChI=1S/C8H15/c1-2-4-6-8-7-5-3-1/h1H,2-8H2/q+1. The van der Waals surface area contributed by atoms with Crippen LogP contribution in [0.4, 0.5) is 0 Å². The molecule has 0 heterocycles. The summed E-state index contributed by atoms with van der Waals surface area (Å²) in [5.74, 6) is 0. The Labute approximate surface area is 52.3 Å². The third kappa shape index (κ3) is 2.25. The van der Waals surface area contributed by atoms with Crippen molar-refractivity contribution >= 4 is 0 Å².